The predicted octanol–water partition coefficient (Wildman–Crippen LogP) is 5.16. The van der Waals surface area contributed by atoms with E-state index in [1.54, 1.807) is 7.11 Å². The summed E-state index contributed by atoms with van der Waals surface area (Å²) in [4.78, 5) is 15.6. The van der Waals surface area contributed by atoms with E-state index in [0.717, 1.165) is 40.9 Å². The summed E-state index contributed by atoms with van der Waals surface area (Å²) < 4.78 is 6.23. The van der Waals surface area contributed by atoms with Gasteiger partial charge in [-0.3, -0.25) is 4.79 Å². The second kappa shape index (κ2) is 6.11. The monoisotopic (exact) mass is 357 g/mol. The van der Waals surface area contributed by atoms with Crippen LogP contribution in [0.2, 0.25) is 5.02 Å². The second-order valence-corrected chi connectivity index (χ2v) is 7.23. The smallest absolute Gasteiger partial charge is 0.269 e. The summed E-state index contributed by atoms with van der Waals surface area (Å²) in [7, 11) is 1.63. The Morgan fingerprint density at radius 1 is 1.25 bits per heavy atom. The molecule has 0 radical (unpaired) electrons. The third kappa shape index (κ3) is 2.46. The fourth-order valence-electron chi connectivity index (χ4n) is 3.18. The minimum atomic E-state index is -0.0210. The Kier molecular flexibility index (Phi) is 3.94. The number of hydrogen-bond acceptors (Lipinski definition) is 3. The summed E-state index contributed by atoms with van der Waals surface area (Å²) in [5, 5.41) is 1.43. The van der Waals surface area contributed by atoms with E-state index in [0.29, 0.717) is 9.90 Å². The van der Waals surface area contributed by atoms with E-state index in [1.807, 2.05) is 41.3 Å². The molecule has 1 aromatic heterocycles. The van der Waals surface area contributed by atoms with Gasteiger partial charge in [-0.15, -0.1) is 11.3 Å². The molecule has 122 valence electrons. The molecular formula is C19H16ClNO2S. The Hall–Kier alpha value is -2.04. The van der Waals surface area contributed by atoms with Gasteiger partial charge in [0.1, 0.15) is 10.6 Å². The SMILES string of the molecule is COc1ccc2c(Cl)c(C(=O)N3CCCc4ccccc43)sc2c1. The molecule has 0 N–H and O–H groups in total. The lowest BCUT2D eigenvalue weighted by atomic mass is 10.0. The number of anilines is 1. The van der Waals surface area contributed by atoms with E-state index in [9.17, 15) is 4.79 Å². The van der Waals surface area contributed by atoms with Gasteiger partial charge in [0.05, 0.1) is 12.1 Å². The van der Waals surface area contributed by atoms with Crippen LogP contribution < -0.4 is 9.64 Å². The molecule has 0 spiro atoms. The molecule has 0 fully saturated rings. The number of hydrogen-bond donors (Lipinski definition) is 0. The third-order valence-electron chi connectivity index (χ3n) is 4.39. The fourth-order valence-corrected chi connectivity index (χ4v) is 4.67. The van der Waals surface area contributed by atoms with Gasteiger partial charge in [0, 0.05) is 22.3 Å². The average Bonchev–Trinajstić information content (AvgIpc) is 2.96. The van der Waals surface area contributed by atoms with Crippen LogP contribution in [0.1, 0.15) is 21.7 Å². The molecule has 5 heteroatoms. The van der Waals surface area contributed by atoms with E-state index >= 15 is 0 Å². The first-order chi connectivity index (χ1) is 11.7. The van der Waals surface area contributed by atoms with E-state index < -0.39 is 0 Å². The number of aryl methyl sites for hydroxylation is 1. The van der Waals surface area contributed by atoms with Gasteiger partial charge in [-0.1, -0.05) is 29.8 Å². The van der Waals surface area contributed by atoms with Crippen molar-refractivity contribution in [3.05, 3.63) is 57.9 Å². The zero-order chi connectivity index (χ0) is 16.7. The molecule has 0 bridgehead atoms. The Balaban J connectivity index is 1.78. The maximum atomic E-state index is 13.1. The number of nitrogens with zero attached hydrogens (tertiary/aromatic N) is 1. The molecule has 2 heterocycles. The van der Waals surface area contributed by atoms with Gasteiger partial charge in [0.25, 0.3) is 5.91 Å². The molecule has 0 saturated carbocycles. The van der Waals surface area contributed by atoms with Gasteiger partial charge in [-0.2, -0.15) is 0 Å². The van der Waals surface area contributed by atoms with Crippen LogP contribution in [-0.4, -0.2) is 19.6 Å². The maximum absolute atomic E-state index is 13.1. The number of benzene rings is 2. The van der Waals surface area contributed by atoms with Gasteiger partial charge < -0.3 is 9.64 Å². The van der Waals surface area contributed by atoms with Crippen molar-refractivity contribution in [3.63, 3.8) is 0 Å². The van der Waals surface area contributed by atoms with E-state index in [-0.39, 0.29) is 5.91 Å². The van der Waals surface area contributed by atoms with Crippen molar-refractivity contribution >= 4 is 44.6 Å². The maximum Gasteiger partial charge on any atom is 0.269 e. The van der Waals surface area contributed by atoms with Crippen molar-refractivity contribution in [2.75, 3.05) is 18.6 Å². The molecule has 1 aliphatic heterocycles. The van der Waals surface area contributed by atoms with Crippen LogP contribution in [0.3, 0.4) is 0 Å². The number of carbonyl (C=O) groups excluding carboxylic acids is 1. The average molecular weight is 358 g/mol. The van der Waals surface area contributed by atoms with Gasteiger partial charge >= 0.3 is 0 Å². The molecule has 4 rings (SSSR count). The number of ether oxygens (including phenoxy) is 1. The number of rotatable bonds is 2. The normalized spacial score (nSPS) is 13.8. The molecule has 24 heavy (non-hydrogen) atoms. The highest BCUT2D eigenvalue weighted by Crippen LogP contribution is 2.39. The predicted molar refractivity (Wildman–Crippen MR) is 99.8 cm³/mol. The molecule has 1 aliphatic rings. The van der Waals surface area contributed by atoms with Crippen molar-refractivity contribution in [1.29, 1.82) is 0 Å². The highest BCUT2D eigenvalue weighted by molar-refractivity contribution is 7.21. The molecule has 0 aliphatic carbocycles. The molecule has 3 aromatic rings. The number of fused-ring (bicyclic) bond motifs is 2. The summed E-state index contributed by atoms with van der Waals surface area (Å²) in [6, 6.07) is 13.8. The minimum Gasteiger partial charge on any atom is -0.497 e. The number of amides is 1. The van der Waals surface area contributed by atoms with Gasteiger partial charge in [0.15, 0.2) is 0 Å². The molecular weight excluding hydrogens is 342 g/mol. The number of halogens is 1. The van der Waals surface area contributed by atoms with Crippen LogP contribution in [0.15, 0.2) is 42.5 Å². The highest BCUT2D eigenvalue weighted by Gasteiger charge is 2.27. The second-order valence-electron chi connectivity index (χ2n) is 5.80. The summed E-state index contributed by atoms with van der Waals surface area (Å²) in [5.41, 5.74) is 2.22. The van der Waals surface area contributed by atoms with E-state index in [2.05, 4.69) is 6.07 Å². The van der Waals surface area contributed by atoms with Gasteiger partial charge in [0.2, 0.25) is 0 Å². The Labute approximate surface area is 149 Å². The highest BCUT2D eigenvalue weighted by atomic mass is 35.5. The van der Waals surface area contributed by atoms with Crippen LogP contribution >= 0.6 is 22.9 Å². The lowest BCUT2D eigenvalue weighted by molar-refractivity contribution is 0.0989. The number of thiophene rings is 1. The lowest BCUT2D eigenvalue weighted by Gasteiger charge is -2.29. The van der Waals surface area contributed by atoms with Crippen LogP contribution in [0.4, 0.5) is 5.69 Å². The Bertz CT molecular complexity index is 934. The zero-order valence-electron chi connectivity index (χ0n) is 13.2. The van der Waals surface area contributed by atoms with Crippen molar-refractivity contribution in [2.45, 2.75) is 12.8 Å². The standard InChI is InChI=1S/C19H16ClNO2S/c1-23-13-8-9-14-16(11-13)24-18(17(14)20)19(22)21-10-4-6-12-5-2-3-7-15(12)21/h2-3,5,7-9,11H,4,6,10H2,1H3. The van der Waals surface area contributed by atoms with Crippen LogP contribution in [0, 0.1) is 0 Å². The minimum absolute atomic E-state index is 0.0210. The van der Waals surface area contributed by atoms with Crippen molar-refractivity contribution < 1.29 is 9.53 Å². The summed E-state index contributed by atoms with van der Waals surface area (Å²) in [6.45, 7) is 0.726. The van der Waals surface area contributed by atoms with Crippen LogP contribution in [0.25, 0.3) is 10.1 Å². The molecule has 0 atom stereocenters. The zero-order valence-corrected chi connectivity index (χ0v) is 14.8. The molecule has 1 amide bonds. The van der Waals surface area contributed by atoms with Gasteiger partial charge in [-0.05, 0) is 42.7 Å². The molecule has 0 saturated heterocycles. The summed E-state index contributed by atoms with van der Waals surface area (Å²) >= 11 is 7.94. The first-order valence-corrected chi connectivity index (χ1v) is 9.04. The fraction of sp³-hybridized carbons (Fsp3) is 0.211. The largest absolute Gasteiger partial charge is 0.497 e. The summed E-state index contributed by atoms with van der Waals surface area (Å²) in [5.74, 6) is 0.745. The Morgan fingerprint density at radius 2 is 2.08 bits per heavy atom. The topological polar surface area (TPSA) is 29.5 Å². The Morgan fingerprint density at radius 3 is 2.92 bits per heavy atom. The first-order valence-electron chi connectivity index (χ1n) is 7.85. The molecule has 3 nitrogen and oxygen atoms in total. The molecule has 0 unspecified atom stereocenters. The molecule has 2 aromatic carbocycles. The first kappa shape index (κ1) is 15.5. The number of methoxy groups -OCH3 is 1. The lowest BCUT2D eigenvalue weighted by Crippen LogP contribution is -2.35. The number of carbonyl (C=O) groups is 1. The van der Waals surface area contributed by atoms with Crippen molar-refractivity contribution in [1.82, 2.24) is 0 Å². The van der Waals surface area contributed by atoms with E-state index in [4.69, 9.17) is 16.3 Å². The van der Waals surface area contributed by atoms with E-state index in [1.165, 1.54) is 16.9 Å². The van der Waals surface area contributed by atoms with Crippen LogP contribution in [0.5, 0.6) is 5.75 Å². The van der Waals surface area contributed by atoms with Crippen molar-refractivity contribution in [2.24, 2.45) is 0 Å². The van der Waals surface area contributed by atoms with Crippen LogP contribution in [-0.2, 0) is 6.42 Å². The number of para-hydroxylation sites is 1. The third-order valence-corrected chi connectivity index (χ3v) is 6.03. The summed E-state index contributed by atoms with van der Waals surface area (Å²) in [6.07, 6.45) is 1.98. The van der Waals surface area contributed by atoms with Crippen molar-refractivity contribution in [3.8, 4) is 5.75 Å². The quantitative estimate of drug-likeness (QED) is 0.634. The van der Waals surface area contributed by atoms with Gasteiger partial charge in [-0.25, -0.2) is 0 Å².